The average molecular weight is 921 g/mol. The maximum absolute atomic E-state index is 14.2. The van der Waals surface area contributed by atoms with Gasteiger partial charge in [-0.25, -0.2) is 9.59 Å². The summed E-state index contributed by atoms with van der Waals surface area (Å²) in [5, 5.41) is 8.62. The lowest BCUT2D eigenvalue weighted by Crippen LogP contribution is -2.57. The van der Waals surface area contributed by atoms with Crippen molar-refractivity contribution in [2.75, 3.05) is 32.8 Å². The molecule has 63 heavy (non-hydrogen) atoms. The number of allylic oxidation sites excluding steroid dienone is 1. The zero-order valence-electron chi connectivity index (χ0n) is 39.2. The number of thioether (sulfide) groups is 1. The first-order valence-electron chi connectivity index (χ1n) is 21.5. The Kier molecular flexibility index (Phi) is 22.9. The van der Waals surface area contributed by atoms with Crippen molar-refractivity contribution in [2.45, 2.75) is 137 Å². The summed E-state index contributed by atoms with van der Waals surface area (Å²) < 4.78 is 18.1. The fraction of sp³-hybridized carbons (Fsp3) is 0.630. The number of likely N-dealkylation sites (N-methyl/N-ethyl adjacent to an activating group) is 2. The van der Waals surface area contributed by atoms with Crippen molar-refractivity contribution in [3.05, 3.63) is 58.1 Å². The predicted octanol–water partition coefficient (Wildman–Crippen LogP) is 5.24. The standard InChI is InChI=1S/C46H70ClN5O10S/c1-14-27(5)39-42(55)49-32(10)46(59)62-40(28(6)15-2)30(8)36(60-25-63-13)21-16-29(7)45(58)61-37(22-26(3)4)41(54)48-31(9)43(56)52(12)35(23-33-17-19-34(47)20-18-33)44(57)51(11)24-38(53)50-39/h15-20,26-27,30-32,35-37,39-40H,14,21-25H2,1-13H3,(H,48,54)(H,49,55)(H,50,53)/b28-15+,29-16+/t27-,30-,31-,32+,35+,36-,37+,39-,40+/m0/s1. The molecule has 3 N–H and O–H groups in total. The summed E-state index contributed by atoms with van der Waals surface area (Å²) in [6.07, 6.45) is 3.70. The summed E-state index contributed by atoms with van der Waals surface area (Å²) in [5.74, 6) is -5.17. The number of ether oxygens (including phenoxy) is 3. The molecule has 1 aromatic carbocycles. The van der Waals surface area contributed by atoms with Crippen molar-refractivity contribution in [3.63, 3.8) is 0 Å². The number of halogens is 1. The van der Waals surface area contributed by atoms with Crippen LogP contribution in [0.4, 0.5) is 0 Å². The van der Waals surface area contributed by atoms with E-state index in [2.05, 4.69) is 16.0 Å². The number of rotatable bonds is 10. The minimum absolute atomic E-state index is 0.0341. The van der Waals surface area contributed by atoms with Crippen LogP contribution in [0.15, 0.2) is 47.6 Å². The van der Waals surface area contributed by atoms with Crippen LogP contribution >= 0.6 is 23.4 Å². The van der Waals surface area contributed by atoms with Gasteiger partial charge in [-0.2, -0.15) is 0 Å². The zero-order valence-corrected chi connectivity index (χ0v) is 40.8. The Bertz CT molecular complexity index is 1810. The first-order chi connectivity index (χ1) is 29.6. The van der Waals surface area contributed by atoms with E-state index >= 15 is 0 Å². The molecule has 0 radical (unpaired) electrons. The fourth-order valence-electron chi connectivity index (χ4n) is 6.92. The van der Waals surface area contributed by atoms with Crippen molar-refractivity contribution in [3.8, 4) is 0 Å². The molecule has 0 spiro atoms. The molecule has 5 amide bonds. The van der Waals surface area contributed by atoms with Gasteiger partial charge in [-0.05, 0) is 88.8 Å². The molecule has 0 saturated heterocycles. The first kappa shape index (κ1) is 54.7. The Hall–Kier alpha value is -4.41. The summed E-state index contributed by atoms with van der Waals surface area (Å²) in [4.78, 5) is 99.1. The molecule has 0 saturated carbocycles. The van der Waals surface area contributed by atoms with E-state index in [1.165, 1.54) is 44.6 Å². The van der Waals surface area contributed by atoms with Crippen LogP contribution in [0.5, 0.6) is 0 Å². The molecule has 0 unspecified atom stereocenters. The molecule has 2 rings (SSSR count). The molecule has 0 bridgehead atoms. The van der Waals surface area contributed by atoms with Gasteiger partial charge in [0.2, 0.25) is 23.6 Å². The van der Waals surface area contributed by atoms with Crippen LogP contribution in [0.1, 0.15) is 94.1 Å². The van der Waals surface area contributed by atoms with E-state index in [4.69, 9.17) is 25.8 Å². The Morgan fingerprint density at radius 1 is 0.937 bits per heavy atom. The summed E-state index contributed by atoms with van der Waals surface area (Å²) in [6.45, 7) is 17.0. The number of hydrogen-bond donors (Lipinski definition) is 3. The molecule has 0 aromatic heterocycles. The van der Waals surface area contributed by atoms with Crippen LogP contribution in [0.2, 0.25) is 5.02 Å². The number of amides is 5. The molecule has 1 aliphatic rings. The highest BCUT2D eigenvalue weighted by molar-refractivity contribution is 7.98. The number of carbonyl (C=O) groups excluding carboxylic acids is 7. The Morgan fingerprint density at radius 2 is 1.56 bits per heavy atom. The average Bonchev–Trinajstić information content (AvgIpc) is 3.24. The van der Waals surface area contributed by atoms with Crippen molar-refractivity contribution in [1.82, 2.24) is 25.8 Å². The molecule has 352 valence electrons. The van der Waals surface area contributed by atoms with Crippen molar-refractivity contribution < 1.29 is 47.8 Å². The van der Waals surface area contributed by atoms with E-state index in [-0.39, 0.29) is 36.7 Å². The second-order valence-corrected chi connectivity index (χ2v) is 18.1. The lowest BCUT2D eigenvalue weighted by molar-refractivity contribution is -0.155. The third-order valence-corrected chi connectivity index (χ3v) is 11.9. The Balaban J connectivity index is 2.69. The van der Waals surface area contributed by atoms with E-state index in [1.54, 1.807) is 44.2 Å². The zero-order chi connectivity index (χ0) is 47.7. The SMILES string of the molecule is C/C=C(\C)[C@H]1OC(=O)[C@@H](C)NC(=O)[C@H]([C@@H](C)CC)NC(=O)CN(C)C(=O)[C@@H](Cc2ccc(Cl)cc2)N(C)C(=O)[C@H](C)NC(=O)[C@@H](CC(C)C)OC(=O)/C(C)=C/C[C@H](OCSC)[C@@H]1C. The minimum atomic E-state index is -1.25. The van der Waals surface area contributed by atoms with Crippen molar-refractivity contribution in [1.29, 1.82) is 0 Å². The van der Waals surface area contributed by atoms with Gasteiger partial charge in [-0.1, -0.05) is 76.9 Å². The van der Waals surface area contributed by atoms with Gasteiger partial charge in [0.1, 0.15) is 30.3 Å². The van der Waals surface area contributed by atoms with Crippen LogP contribution in [0.25, 0.3) is 0 Å². The van der Waals surface area contributed by atoms with Gasteiger partial charge in [0.25, 0.3) is 5.91 Å². The van der Waals surface area contributed by atoms with Gasteiger partial charge in [0, 0.05) is 37.0 Å². The number of nitrogens with zero attached hydrogens (tertiary/aromatic N) is 2. The summed E-state index contributed by atoms with van der Waals surface area (Å²) in [5.41, 5.74) is 1.62. The highest BCUT2D eigenvalue weighted by Gasteiger charge is 2.37. The van der Waals surface area contributed by atoms with Gasteiger partial charge >= 0.3 is 11.9 Å². The lowest BCUT2D eigenvalue weighted by Gasteiger charge is -2.33. The molecule has 0 aliphatic carbocycles. The van der Waals surface area contributed by atoms with E-state index in [1.807, 2.05) is 53.9 Å². The molecular weight excluding hydrogens is 850 g/mol. The Morgan fingerprint density at radius 3 is 2.13 bits per heavy atom. The number of benzene rings is 1. The second kappa shape index (κ2) is 26.4. The van der Waals surface area contributed by atoms with Crippen LogP contribution in [0, 0.1) is 17.8 Å². The first-order valence-corrected chi connectivity index (χ1v) is 23.3. The number of cyclic esters (lactones) is 2. The molecule has 15 nitrogen and oxygen atoms in total. The molecular formula is C46H70ClN5O10S. The van der Waals surface area contributed by atoms with Crippen molar-refractivity contribution >= 4 is 64.8 Å². The van der Waals surface area contributed by atoms with E-state index in [0.29, 0.717) is 22.9 Å². The quantitative estimate of drug-likeness (QED) is 0.158. The molecule has 0 fully saturated rings. The summed E-state index contributed by atoms with van der Waals surface area (Å²) >= 11 is 7.59. The monoisotopic (exact) mass is 919 g/mol. The highest BCUT2D eigenvalue weighted by Crippen LogP contribution is 2.26. The maximum Gasteiger partial charge on any atom is 0.334 e. The smallest absolute Gasteiger partial charge is 0.334 e. The number of esters is 2. The molecule has 1 aromatic rings. The minimum Gasteiger partial charge on any atom is -0.456 e. The normalized spacial score (nSPS) is 27.8. The maximum atomic E-state index is 14.2. The van der Waals surface area contributed by atoms with Crippen LogP contribution in [-0.2, 0) is 54.2 Å². The molecule has 17 heteroatoms. The van der Waals surface area contributed by atoms with E-state index < -0.39 is 96.4 Å². The van der Waals surface area contributed by atoms with Crippen LogP contribution in [0.3, 0.4) is 0 Å². The van der Waals surface area contributed by atoms with E-state index in [9.17, 15) is 33.6 Å². The molecule has 1 aliphatic heterocycles. The topological polar surface area (TPSA) is 190 Å². The lowest BCUT2D eigenvalue weighted by atomic mass is 9.90. The summed E-state index contributed by atoms with van der Waals surface area (Å²) in [7, 11) is 2.84. The van der Waals surface area contributed by atoms with Gasteiger partial charge < -0.3 is 40.0 Å². The van der Waals surface area contributed by atoms with Gasteiger partial charge in [-0.3, -0.25) is 24.0 Å². The van der Waals surface area contributed by atoms with Gasteiger partial charge in [0.15, 0.2) is 6.10 Å². The number of nitrogens with one attached hydrogen (secondary N) is 3. The van der Waals surface area contributed by atoms with Gasteiger partial charge in [-0.15, -0.1) is 11.8 Å². The third-order valence-electron chi connectivity index (χ3n) is 11.3. The number of carbonyl (C=O) groups is 7. The Labute approximate surface area is 383 Å². The third kappa shape index (κ3) is 16.9. The number of hydrogen-bond acceptors (Lipinski definition) is 11. The van der Waals surface area contributed by atoms with Crippen LogP contribution in [-0.4, -0.2) is 127 Å². The largest absolute Gasteiger partial charge is 0.456 e. The predicted molar refractivity (Wildman–Crippen MR) is 245 cm³/mol. The molecule has 1 heterocycles. The van der Waals surface area contributed by atoms with Crippen molar-refractivity contribution in [2.24, 2.45) is 17.8 Å². The fourth-order valence-corrected chi connectivity index (χ4v) is 7.35. The van der Waals surface area contributed by atoms with E-state index in [0.717, 1.165) is 10.5 Å². The van der Waals surface area contributed by atoms with Gasteiger partial charge in [0.05, 0.1) is 18.6 Å². The summed E-state index contributed by atoms with van der Waals surface area (Å²) in [6, 6.07) is 2.25. The highest BCUT2D eigenvalue weighted by atomic mass is 35.5. The van der Waals surface area contributed by atoms with Crippen LogP contribution < -0.4 is 16.0 Å². The molecule has 9 atom stereocenters. The second-order valence-electron chi connectivity index (χ2n) is 16.9.